The van der Waals surface area contributed by atoms with Crippen molar-refractivity contribution < 1.29 is 8.81 Å². The number of rotatable bonds is 1. The zero-order chi connectivity index (χ0) is 8.69. The molecule has 3 heteroatoms. The first-order valence-corrected chi connectivity index (χ1v) is 3.55. The molecule has 1 aromatic heterocycles. The van der Waals surface area contributed by atoms with Crippen molar-refractivity contribution in [3.8, 4) is 0 Å². The lowest BCUT2D eigenvalue weighted by atomic mass is 10.3. The molecule has 0 saturated carbocycles. The average Bonchev–Trinajstić information content (AvgIpc) is 2.36. The molecule has 11 heavy (non-hydrogen) atoms. The lowest BCUT2D eigenvalue weighted by Gasteiger charge is -1.87. The van der Waals surface area contributed by atoms with E-state index in [1.54, 1.807) is 6.26 Å². The van der Waals surface area contributed by atoms with Crippen LogP contribution in [0, 0.1) is 6.92 Å². The van der Waals surface area contributed by atoms with Crippen LogP contribution < -0.4 is 5.73 Å². The Kier molecular flexibility index (Phi) is 5.47. The number of hydrogen-bond donors (Lipinski definition) is 1. The smallest absolute Gasteiger partial charge is 0.120 e. The lowest BCUT2D eigenvalue weighted by Crippen LogP contribution is -1.94. The van der Waals surface area contributed by atoms with Crippen LogP contribution >= 0.6 is 0 Å². The summed E-state index contributed by atoms with van der Waals surface area (Å²) in [5.74, 6) is 0.880. The van der Waals surface area contributed by atoms with Crippen LogP contribution in [0.5, 0.6) is 0 Å². The molecule has 2 N–H and O–H groups in total. The van der Waals surface area contributed by atoms with Gasteiger partial charge < -0.3 is 10.2 Å². The molecule has 1 rings (SSSR count). The highest BCUT2D eigenvalue weighted by Crippen LogP contribution is 2.05. The lowest BCUT2D eigenvalue weighted by molar-refractivity contribution is 0.509. The van der Waals surface area contributed by atoms with Crippen LogP contribution in [0.2, 0.25) is 0 Å². The Balaban J connectivity index is 0.000000292. The van der Waals surface area contributed by atoms with Gasteiger partial charge in [0, 0.05) is 0 Å². The molecule has 0 saturated heterocycles. The standard InChI is InChI=1S/C6H9NO.C2H5F/c1-5-2-3-8-6(5)4-7;1-2-3/h2-3H,4,7H2,1H3;2H2,1H3. The first kappa shape index (κ1) is 10.2. The van der Waals surface area contributed by atoms with Crippen molar-refractivity contribution >= 4 is 0 Å². The van der Waals surface area contributed by atoms with Gasteiger partial charge in [0.2, 0.25) is 0 Å². The fourth-order valence-electron chi connectivity index (χ4n) is 0.613. The monoisotopic (exact) mass is 159 g/mol. The molecule has 2 nitrogen and oxygen atoms in total. The molecule has 1 aromatic rings. The van der Waals surface area contributed by atoms with E-state index in [1.807, 2.05) is 13.0 Å². The van der Waals surface area contributed by atoms with E-state index >= 15 is 0 Å². The summed E-state index contributed by atoms with van der Waals surface area (Å²) < 4.78 is 15.3. The Morgan fingerprint density at radius 3 is 2.36 bits per heavy atom. The average molecular weight is 159 g/mol. The molecule has 0 aliphatic heterocycles. The van der Waals surface area contributed by atoms with E-state index in [9.17, 15) is 4.39 Å². The van der Waals surface area contributed by atoms with Crippen molar-refractivity contribution in [2.45, 2.75) is 20.4 Å². The number of hydrogen-bond acceptors (Lipinski definition) is 2. The summed E-state index contributed by atoms with van der Waals surface area (Å²) in [5.41, 5.74) is 6.43. The van der Waals surface area contributed by atoms with E-state index < -0.39 is 0 Å². The minimum absolute atomic E-state index is 0.250. The van der Waals surface area contributed by atoms with Crippen molar-refractivity contribution in [3.05, 3.63) is 23.7 Å². The van der Waals surface area contributed by atoms with Gasteiger partial charge in [0.15, 0.2) is 0 Å². The molecule has 0 bridgehead atoms. The molecule has 64 valence electrons. The first-order valence-electron chi connectivity index (χ1n) is 3.55. The van der Waals surface area contributed by atoms with Gasteiger partial charge in [-0.1, -0.05) is 0 Å². The van der Waals surface area contributed by atoms with Crippen LogP contribution in [0.25, 0.3) is 0 Å². The molecule has 1 heterocycles. The normalized spacial score (nSPS) is 8.73. The third-order valence-electron chi connectivity index (χ3n) is 1.15. The SMILES string of the molecule is CCF.Cc1ccoc1CN. The molecule has 0 aliphatic carbocycles. The van der Waals surface area contributed by atoms with E-state index in [4.69, 9.17) is 10.2 Å². The Labute approximate surface area is 66.2 Å². The summed E-state index contributed by atoms with van der Waals surface area (Å²) in [5, 5.41) is 0. The van der Waals surface area contributed by atoms with Gasteiger partial charge in [0.05, 0.1) is 19.5 Å². The quantitative estimate of drug-likeness (QED) is 0.680. The maximum Gasteiger partial charge on any atom is 0.120 e. The van der Waals surface area contributed by atoms with Crippen LogP contribution in [0.15, 0.2) is 16.7 Å². The van der Waals surface area contributed by atoms with Crippen LogP contribution in [-0.2, 0) is 6.54 Å². The molecule has 0 radical (unpaired) electrons. The van der Waals surface area contributed by atoms with Gasteiger partial charge in [-0.15, -0.1) is 0 Å². The Hall–Kier alpha value is -0.830. The van der Waals surface area contributed by atoms with Crippen molar-refractivity contribution in [3.63, 3.8) is 0 Å². The Bertz CT molecular complexity index is 186. The molecular formula is C8H14FNO. The zero-order valence-corrected chi connectivity index (χ0v) is 6.93. The second-order valence-corrected chi connectivity index (χ2v) is 2.00. The van der Waals surface area contributed by atoms with E-state index in [0.717, 1.165) is 11.3 Å². The van der Waals surface area contributed by atoms with Crippen LogP contribution in [0.1, 0.15) is 18.2 Å². The number of aryl methyl sites for hydroxylation is 1. The third-order valence-corrected chi connectivity index (χ3v) is 1.15. The van der Waals surface area contributed by atoms with Crippen molar-refractivity contribution in [1.82, 2.24) is 0 Å². The van der Waals surface area contributed by atoms with E-state index in [-0.39, 0.29) is 6.67 Å². The fraction of sp³-hybridized carbons (Fsp3) is 0.500. The third kappa shape index (κ3) is 3.78. The first-order chi connectivity index (χ1) is 5.26. The summed E-state index contributed by atoms with van der Waals surface area (Å²) in [4.78, 5) is 0. The minimum atomic E-state index is -0.250. The predicted molar refractivity (Wildman–Crippen MR) is 43.0 cm³/mol. The van der Waals surface area contributed by atoms with Gasteiger partial charge >= 0.3 is 0 Å². The van der Waals surface area contributed by atoms with Crippen molar-refractivity contribution in [2.75, 3.05) is 6.67 Å². The summed E-state index contributed by atoms with van der Waals surface area (Å²) in [6, 6.07) is 1.90. The maximum absolute atomic E-state index is 10.3. The second kappa shape index (κ2) is 5.92. The molecule has 0 aromatic carbocycles. The highest BCUT2D eigenvalue weighted by Gasteiger charge is 1.94. The molecule has 0 amide bonds. The minimum Gasteiger partial charge on any atom is -0.468 e. The van der Waals surface area contributed by atoms with Gasteiger partial charge in [-0.25, -0.2) is 0 Å². The maximum atomic E-state index is 10.3. The number of furan rings is 1. The zero-order valence-electron chi connectivity index (χ0n) is 6.93. The largest absolute Gasteiger partial charge is 0.468 e. The topological polar surface area (TPSA) is 39.2 Å². The van der Waals surface area contributed by atoms with Crippen molar-refractivity contribution in [2.24, 2.45) is 5.73 Å². The van der Waals surface area contributed by atoms with Crippen LogP contribution in [-0.4, -0.2) is 6.67 Å². The van der Waals surface area contributed by atoms with Gasteiger partial charge in [-0.05, 0) is 25.5 Å². The Morgan fingerprint density at radius 2 is 2.18 bits per heavy atom. The molecule has 0 fully saturated rings. The molecular weight excluding hydrogens is 145 g/mol. The van der Waals surface area contributed by atoms with Crippen LogP contribution in [0.4, 0.5) is 4.39 Å². The number of alkyl halides is 1. The highest BCUT2D eigenvalue weighted by atomic mass is 19.1. The molecule has 0 atom stereocenters. The summed E-state index contributed by atoms with van der Waals surface area (Å²) in [6.07, 6.45) is 1.65. The fourth-order valence-corrected chi connectivity index (χ4v) is 0.613. The van der Waals surface area contributed by atoms with E-state index in [2.05, 4.69) is 0 Å². The van der Waals surface area contributed by atoms with Gasteiger partial charge in [0.25, 0.3) is 0 Å². The van der Waals surface area contributed by atoms with Gasteiger partial charge in [-0.2, -0.15) is 0 Å². The number of nitrogens with two attached hydrogens (primary N) is 1. The Morgan fingerprint density at radius 1 is 1.64 bits per heavy atom. The van der Waals surface area contributed by atoms with Gasteiger partial charge in [-0.3, -0.25) is 4.39 Å². The molecule has 0 aliphatic rings. The summed E-state index contributed by atoms with van der Waals surface area (Å²) >= 11 is 0. The molecule has 0 spiro atoms. The summed E-state index contributed by atoms with van der Waals surface area (Å²) in [7, 11) is 0. The highest BCUT2D eigenvalue weighted by molar-refractivity contribution is 5.13. The molecule has 0 unspecified atom stereocenters. The van der Waals surface area contributed by atoms with E-state index in [0.29, 0.717) is 6.54 Å². The van der Waals surface area contributed by atoms with Gasteiger partial charge in [0.1, 0.15) is 5.76 Å². The predicted octanol–water partition coefficient (Wildman–Crippen LogP) is 2.02. The number of halogens is 1. The van der Waals surface area contributed by atoms with Crippen LogP contribution in [0.3, 0.4) is 0 Å². The van der Waals surface area contributed by atoms with Crippen molar-refractivity contribution in [1.29, 1.82) is 0 Å². The summed E-state index contributed by atoms with van der Waals surface area (Å²) in [6.45, 7) is 3.69. The van der Waals surface area contributed by atoms with E-state index in [1.165, 1.54) is 6.92 Å². The second-order valence-electron chi connectivity index (χ2n) is 2.00.